The van der Waals surface area contributed by atoms with Gasteiger partial charge in [-0.3, -0.25) is 9.10 Å². The molecule has 0 aliphatic rings. The van der Waals surface area contributed by atoms with E-state index in [1.807, 2.05) is 6.92 Å². The smallest absolute Gasteiger partial charge is 0.264 e. The van der Waals surface area contributed by atoms with Gasteiger partial charge in [-0.05, 0) is 48.9 Å². The van der Waals surface area contributed by atoms with E-state index in [4.69, 9.17) is 4.74 Å². The second-order valence-electron chi connectivity index (χ2n) is 6.90. The molecule has 0 spiro atoms. The van der Waals surface area contributed by atoms with Crippen molar-refractivity contribution in [1.29, 1.82) is 0 Å². The van der Waals surface area contributed by atoms with E-state index in [-0.39, 0.29) is 22.9 Å². The first-order chi connectivity index (χ1) is 14.8. The number of amides is 1. The van der Waals surface area contributed by atoms with Gasteiger partial charge in [-0.25, -0.2) is 12.8 Å². The Bertz CT molecular complexity index is 1150. The molecule has 6 nitrogen and oxygen atoms in total. The monoisotopic (exact) mass is 442 g/mol. The molecule has 3 aromatic carbocycles. The summed E-state index contributed by atoms with van der Waals surface area (Å²) < 4.78 is 46.2. The van der Waals surface area contributed by atoms with Crippen LogP contribution in [-0.4, -0.2) is 28.0 Å². The first-order valence-corrected chi connectivity index (χ1v) is 11.0. The lowest BCUT2D eigenvalue weighted by Gasteiger charge is -2.25. The van der Waals surface area contributed by atoms with E-state index >= 15 is 0 Å². The Morgan fingerprint density at radius 1 is 1.00 bits per heavy atom. The van der Waals surface area contributed by atoms with E-state index in [0.717, 1.165) is 9.87 Å². The number of aryl methyl sites for hydroxylation is 1. The van der Waals surface area contributed by atoms with Crippen LogP contribution in [-0.2, 0) is 21.4 Å². The third kappa shape index (κ3) is 5.40. The highest BCUT2D eigenvalue weighted by atomic mass is 32.2. The van der Waals surface area contributed by atoms with Gasteiger partial charge in [0.2, 0.25) is 5.91 Å². The molecule has 0 aliphatic carbocycles. The number of carbonyl (C=O) groups excluding carboxylic acids is 1. The van der Waals surface area contributed by atoms with Crippen LogP contribution in [0.4, 0.5) is 10.1 Å². The number of nitrogens with one attached hydrogen (secondary N) is 1. The van der Waals surface area contributed by atoms with Crippen LogP contribution in [0.5, 0.6) is 5.75 Å². The molecule has 3 rings (SSSR count). The van der Waals surface area contributed by atoms with Gasteiger partial charge in [0.15, 0.2) is 0 Å². The molecule has 162 valence electrons. The number of nitrogens with zero attached hydrogens (tertiary/aromatic N) is 1. The van der Waals surface area contributed by atoms with E-state index in [1.165, 1.54) is 31.4 Å². The van der Waals surface area contributed by atoms with Gasteiger partial charge in [0.25, 0.3) is 10.0 Å². The topological polar surface area (TPSA) is 75.7 Å². The summed E-state index contributed by atoms with van der Waals surface area (Å²) in [6.07, 6.45) is 0. The molecule has 0 unspecified atom stereocenters. The number of para-hydroxylation sites is 2. The van der Waals surface area contributed by atoms with Crippen LogP contribution < -0.4 is 14.4 Å². The molecule has 3 aromatic rings. The highest BCUT2D eigenvalue weighted by molar-refractivity contribution is 7.92. The summed E-state index contributed by atoms with van der Waals surface area (Å²) in [5.41, 5.74) is 1.86. The Morgan fingerprint density at radius 2 is 1.65 bits per heavy atom. The Hall–Kier alpha value is -3.39. The highest BCUT2D eigenvalue weighted by Crippen LogP contribution is 2.32. The molecule has 1 amide bonds. The minimum atomic E-state index is -4.04. The average molecular weight is 443 g/mol. The summed E-state index contributed by atoms with van der Waals surface area (Å²) in [4.78, 5) is 12.7. The van der Waals surface area contributed by atoms with Crippen molar-refractivity contribution in [2.75, 3.05) is 18.0 Å². The fourth-order valence-electron chi connectivity index (χ4n) is 2.96. The highest BCUT2D eigenvalue weighted by Gasteiger charge is 2.29. The molecule has 8 heteroatoms. The average Bonchev–Trinajstić information content (AvgIpc) is 2.77. The summed E-state index contributed by atoms with van der Waals surface area (Å²) in [6.45, 7) is 1.55. The Labute approximate surface area is 181 Å². The molecule has 0 aliphatic heterocycles. The second-order valence-corrected chi connectivity index (χ2v) is 8.76. The number of sulfonamides is 1. The van der Waals surface area contributed by atoms with Crippen molar-refractivity contribution in [1.82, 2.24) is 5.32 Å². The number of hydrogen-bond acceptors (Lipinski definition) is 4. The zero-order valence-corrected chi connectivity index (χ0v) is 18.0. The number of anilines is 1. The molecule has 0 saturated carbocycles. The summed E-state index contributed by atoms with van der Waals surface area (Å²) >= 11 is 0. The molecule has 0 saturated heterocycles. The van der Waals surface area contributed by atoms with Gasteiger partial charge in [-0.15, -0.1) is 0 Å². The molecule has 0 heterocycles. The maximum Gasteiger partial charge on any atom is 0.264 e. The van der Waals surface area contributed by atoms with Crippen LogP contribution in [0.1, 0.15) is 11.1 Å². The SMILES string of the molecule is COc1ccccc1N(CC(=O)NCc1ccc(F)cc1)S(=O)(=O)c1ccc(C)cc1. The van der Waals surface area contributed by atoms with Crippen molar-refractivity contribution < 1.29 is 22.3 Å². The predicted octanol–water partition coefficient (Wildman–Crippen LogP) is 3.65. The second kappa shape index (κ2) is 9.61. The van der Waals surface area contributed by atoms with Gasteiger partial charge in [-0.1, -0.05) is 42.0 Å². The van der Waals surface area contributed by atoms with Crippen LogP contribution in [0.2, 0.25) is 0 Å². The maximum atomic E-state index is 13.4. The molecule has 0 aromatic heterocycles. The van der Waals surface area contributed by atoms with Crippen molar-refractivity contribution in [2.45, 2.75) is 18.4 Å². The van der Waals surface area contributed by atoms with Crippen molar-refractivity contribution in [3.05, 3.63) is 89.7 Å². The minimum Gasteiger partial charge on any atom is -0.495 e. The van der Waals surface area contributed by atoms with Gasteiger partial charge < -0.3 is 10.1 Å². The largest absolute Gasteiger partial charge is 0.495 e. The third-order valence-electron chi connectivity index (χ3n) is 4.65. The molecule has 0 radical (unpaired) electrons. The predicted molar refractivity (Wildman–Crippen MR) is 117 cm³/mol. The lowest BCUT2D eigenvalue weighted by atomic mass is 10.2. The van der Waals surface area contributed by atoms with Crippen LogP contribution in [0.25, 0.3) is 0 Å². The first kappa shape index (κ1) is 22.3. The fourth-order valence-corrected chi connectivity index (χ4v) is 4.39. The standard InChI is InChI=1S/C23H23FN2O4S/c1-17-7-13-20(14-8-17)31(28,29)26(21-5-3-4-6-22(21)30-2)16-23(27)25-15-18-9-11-19(24)12-10-18/h3-14H,15-16H2,1-2H3,(H,25,27). The summed E-state index contributed by atoms with van der Waals surface area (Å²) in [6, 6.07) is 18.7. The van der Waals surface area contributed by atoms with E-state index < -0.39 is 22.5 Å². The fraction of sp³-hybridized carbons (Fsp3) is 0.174. The molecular formula is C23H23FN2O4S. The van der Waals surface area contributed by atoms with E-state index in [1.54, 1.807) is 48.5 Å². The molecule has 0 atom stereocenters. The van der Waals surface area contributed by atoms with Gasteiger partial charge >= 0.3 is 0 Å². The summed E-state index contributed by atoms with van der Waals surface area (Å²) in [7, 11) is -2.61. The number of methoxy groups -OCH3 is 1. The molecule has 0 bridgehead atoms. The summed E-state index contributed by atoms with van der Waals surface area (Å²) in [5, 5.41) is 2.68. The minimum absolute atomic E-state index is 0.0651. The Kier molecular flexibility index (Phi) is 6.91. The van der Waals surface area contributed by atoms with Gasteiger partial charge in [0.05, 0.1) is 17.7 Å². The lowest BCUT2D eigenvalue weighted by Crippen LogP contribution is -2.40. The number of carbonyl (C=O) groups is 1. The van der Waals surface area contributed by atoms with E-state index in [9.17, 15) is 17.6 Å². The van der Waals surface area contributed by atoms with Crippen molar-refractivity contribution >= 4 is 21.6 Å². The zero-order valence-electron chi connectivity index (χ0n) is 17.2. The summed E-state index contributed by atoms with van der Waals surface area (Å²) in [5.74, 6) is -0.558. The van der Waals surface area contributed by atoms with Crippen molar-refractivity contribution in [3.63, 3.8) is 0 Å². The molecule has 1 N–H and O–H groups in total. The third-order valence-corrected chi connectivity index (χ3v) is 6.43. The molecular weight excluding hydrogens is 419 g/mol. The normalized spacial score (nSPS) is 11.1. The molecule has 0 fully saturated rings. The Morgan fingerprint density at radius 3 is 2.29 bits per heavy atom. The first-order valence-electron chi connectivity index (χ1n) is 9.55. The van der Waals surface area contributed by atoms with Crippen LogP contribution >= 0.6 is 0 Å². The van der Waals surface area contributed by atoms with Crippen LogP contribution in [0.3, 0.4) is 0 Å². The maximum absolute atomic E-state index is 13.4. The number of benzene rings is 3. The van der Waals surface area contributed by atoms with Crippen molar-refractivity contribution in [2.24, 2.45) is 0 Å². The number of halogens is 1. The van der Waals surface area contributed by atoms with Gasteiger partial charge in [-0.2, -0.15) is 0 Å². The van der Waals surface area contributed by atoms with Gasteiger partial charge in [0, 0.05) is 6.54 Å². The van der Waals surface area contributed by atoms with Crippen LogP contribution in [0, 0.1) is 12.7 Å². The lowest BCUT2D eigenvalue weighted by molar-refractivity contribution is -0.119. The van der Waals surface area contributed by atoms with Gasteiger partial charge in [0.1, 0.15) is 18.1 Å². The van der Waals surface area contributed by atoms with E-state index in [2.05, 4.69) is 5.32 Å². The van der Waals surface area contributed by atoms with E-state index in [0.29, 0.717) is 11.3 Å². The van der Waals surface area contributed by atoms with Crippen LogP contribution in [0.15, 0.2) is 77.7 Å². The number of rotatable bonds is 8. The zero-order chi connectivity index (χ0) is 22.4. The molecule has 31 heavy (non-hydrogen) atoms. The number of ether oxygens (including phenoxy) is 1. The Balaban J connectivity index is 1.89. The number of hydrogen-bond donors (Lipinski definition) is 1. The quantitative estimate of drug-likeness (QED) is 0.578. The van der Waals surface area contributed by atoms with Crippen molar-refractivity contribution in [3.8, 4) is 5.75 Å².